The fourth-order valence-corrected chi connectivity index (χ4v) is 1.41. The SMILES string of the molecule is CCCCN(CC)C(=N)C1CC1. The molecule has 0 aromatic carbocycles. The van der Waals surface area contributed by atoms with Crippen molar-refractivity contribution in [2.75, 3.05) is 13.1 Å². The van der Waals surface area contributed by atoms with Crippen LogP contribution >= 0.6 is 0 Å². The molecule has 0 aromatic heterocycles. The lowest BCUT2D eigenvalue weighted by molar-refractivity contribution is 0.414. The molecule has 70 valence electrons. The van der Waals surface area contributed by atoms with Crippen LogP contribution in [0.1, 0.15) is 39.5 Å². The van der Waals surface area contributed by atoms with Crippen LogP contribution in [0.2, 0.25) is 0 Å². The zero-order chi connectivity index (χ0) is 8.97. The van der Waals surface area contributed by atoms with E-state index < -0.39 is 0 Å². The van der Waals surface area contributed by atoms with Gasteiger partial charge in [0.25, 0.3) is 0 Å². The van der Waals surface area contributed by atoms with Crippen molar-refractivity contribution in [2.24, 2.45) is 5.92 Å². The summed E-state index contributed by atoms with van der Waals surface area (Å²) in [6.45, 7) is 6.44. The molecule has 1 N–H and O–H groups in total. The van der Waals surface area contributed by atoms with E-state index in [2.05, 4.69) is 18.7 Å². The third kappa shape index (κ3) is 2.50. The van der Waals surface area contributed by atoms with E-state index in [0.29, 0.717) is 5.92 Å². The Labute approximate surface area is 75.5 Å². The molecule has 0 aromatic rings. The van der Waals surface area contributed by atoms with Gasteiger partial charge in [0, 0.05) is 19.0 Å². The van der Waals surface area contributed by atoms with Gasteiger partial charge in [-0.3, -0.25) is 5.41 Å². The Morgan fingerprint density at radius 3 is 2.50 bits per heavy atom. The predicted octanol–water partition coefficient (Wildman–Crippen LogP) is 2.50. The van der Waals surface area contributed by atoms with Gasteiger partial charge < -0.3 is 4.90 Å². The van der Waals surface area contributed by atoms with E-state index in [0.717, 1.165) is 18.9 Å². The minimum Gasteiger partial charge on any atom is -0.361 e. The molecule has 0 aliphatic heterocycles. The van der Waals surface area contributed by atoms with Crippen LogP contribution in [0.3, 0.4) is 0 Å². The molecule has 1 fully saturated rings. The van der Waals surface area contributed by atoms with Gasteiger partial charge in [-0.1, -0.05) is 13.3 Å². The summed E-state index contributed by atoms with van der Waals surface area (Å²) in [5.74, 6) is 1.51. The van der Waals surface area contributed by atoms with Gasteiger partial charge in [-0.2, -0.15) is 0 Å². The summed E-state index contributed by atoms with van der Waals surface area (Å²) in [6, 6.07) is 0. The van der Waals surface area contributed by atoms with E-state index in [-0.39, 0.29) is 0 Å². The fraction of sp³-hybridized carbons (Fsp3) is 0.900. The van der Waals surface area contributed by atoms with Gasteiger partial charge in [0.1, 0.15) is 0 Å². The van der Waals surface area contributed by atoms with Gasteiger partial charge in [-0.15, -0.1) is 0 Å². The third-order valence-corrected chi connectivity index (χ3v) is 2.47. The topological polar surface area (TPSA) is 27.1 Å². The summed E-state index contributed by atoms with van der Waals surface area (Å²) in [7, 11) is 0. The van der Waals surface area contributed by atoms with Crippen LogP contribution in [-0.2, 0) is 0 Å². The standard InChI is InChI=1S/C10H20N2/c1-3-5-8-12(4-2)10(11)9-6-7-9/h9,11H,3-8H2,1-2H3. The van der Waals surface area contributed by atoms with Crippen LogP contribution in [0.15, 0.2) is 0 Å². The third-order valence-electron chi connectivity index (χ3n) is 2.47. The first-order valence-corrected chi connectivity index (χ1v) is 5.13. The molecular formula is C10H20N2. The first-order valence-electron chi connectivity index (χ1n) is 5.13. The number of hydrogen-bond acceptors (Lipinski definition) is 1. The second-order valence-electron chi connectivity index (χ2n) is 3.59. The number of nitrogens with zero attached hydrogens (tertiary/aromatic N) is 1. The van der Waals surface area contributed by atoms with Crippen LogP contribution in [0, 0.1) is 11.3 Å². The Bertz CT molecular complexity index is 150. The van der Waals surface area contributed by atoms with Crippen molar-refractivity contribution in [1.29, 1.82) is 5.41 Å². The number of nitrogens with one attached hydrogen (secondary N) is 1. The van der Waals surface area contributed by atoms with Crippen molar-refractivity contribution in [2.45, 2.75) is 39.5 Å². The molecule has 0 saturated heterocycles. The molecule has 1 rings (SSSR count). The van der Waals surface area contributed by atoms with Crippen LogP contribution in [0.4, 0.5) is 0 Å². The van der Waals surface area contributed by atoms with Crippen molar-refractivity contribution < 1.29 is 0 Å². The van der Waals surface area contributed by atoms with E-state index in [9.17, 15) is 0 Å². The van der Waals surface area contributed by atoms with E-state index in [4.69, 9.17) is 5.41 Å². The molecule has 2 heteroatoms. The minimum atomic E-state index is 0.613. The van der Waals surface area contributed by atoms with Crippen molar-refractivity contribution in [1.82, 2.24) is 4.90 Å². The predicted molar refractivity (Wildman–Crippen MR) is 52.6 cm³/mol. The maximum Gasteiger partial charge on any atom is 0.0989 e. The maximum atomic E-state index is 7.87. The average molecular weight is 168 g/mol. The first-order chi connectivity index (χ1) is 5.79. The highest BCUT2D eigenvalue weighted by Gasteiger charge is 2.29. The molecule has 0 bridgehead atoms. The summed E-state index contributed by atoms with van der Waals surface area (Å²) in [5.41, 5.74) is 0. The molecule has 2 nitrogen and oxygen atoms in total. The van der Waals surface area contributed by atoms with Crippen LogP contribution in [0.5, 0.6) is 0 Å². The zero-order valence-electron chi connectivity index (χ0n) is 8.27. The summed E-state index contributed by atoms with van der Waals surface area (Å²) in [5, 5.41) is 7.87. The lowest BCUT2D eigenvalue weighted by atomic mass is 10.2. The Morgan fingerprint density at radius 2 is 2.08 bits per heavy atom. The molecule has 0 heterocycles. The van der Waals surface area contributed by atoms with Crippen molar-refractivity contribution in [3.8, 4) is 0 Å². The normalized spacial score (nSPS) is 16.2. The number of unbranched alkanes of at least 4 members (excludes halogenated alkanes) is 1. The number of rotatable bonds is 5. The highest BCUT2D eigenvalue weighted by molar-refractivity contribution is 5.83. The molecule has 0 radical (unpaired) electrons. The Kier molecular flexibility index (Phi) is 3.57. The van der Waals surface area contributed by atoms with Gasteiger partial charge in [0.15, 0.2) is 0 Å². The largest absolute Gasteiger partial charge is 0.361 e. The summed E-state index contributed by atoms with van der Waals surface area (Å²) in [6.07, 6.45) is 4.96. The molecule has 0 atom stereocenters. The van der Waals surface area contributed by atoms with Crippen molar-refractivity contribution in [3.63, 3.8) is 0 Å². The molecule has 1 aliphatic carbocycles. The number of amidine groups is 1. The molecule has 0 unspecified atom stereocenters. The molecule has 1 saturated carbocycles. The van der Waals surface area contributed by atoms with Gasteiger partial charge >= 0.3 is 0 Å². The van der Waals surface area contributed by atoms with E-state index in [1.165, 1.54) is 25.7 Å². The Morgan fingerprint density at radius 1 is 1.42 bits per heavy atom. The van der Waals surface area contributed by atoms with Crippen LogP contribution < -0.4 is 0 Å². The molecular weight excluding hydrogens is 148 g/mol. The van der Waals surface area contributed by atoms with E-state index in [1.807, 2.05) is 0 Å². The van der Waals surface area contributed by atoms with E-state index >= 15 is 0 Å². The van der Waals surface area contributed by atoms with E-state index in [1.54, 1.807) is 0 Å². The highest BCUT2D eigenvalue weighted by atomic mass is 15.2. The van der Waals surface area contributed by atoms with Gasteiger partial charge in [-0.05, 0) is 26.2 Å². The van der Waals surface area contributed by atoms with Crippen molar-refractivity contribution in [3.05, 3.63) is 0 Å². The van der Waals surface area contributed by atoms with Gasteiger partial charge in [0.05, 0.1) is 5.84 Å². The van der Waals surface area contributed by atoms with Gasteiger partial charge in [-0.25, -0.2) is 0 Å². The zero-order valence-corrected chi connectivity index (χ0v) is 8.27. The van der Waals surface area contributed by atoms with Crippen molar-refractivity contribution >= 4 is 5.84 Å². The second kappa shape index (κ2) is 4.48. The molecule has 0 spiro atoms. The van der Waals surface area contributed by atoms with Crippen LogP contribution in [-0.4, -0.2) is 23.8 Å². The highest BCUT2D eigenvalue weighted by Crippen LogP contribution is 2.31. The monoisotopic (exact) mass is 168 g/mol. The fourth-order valence-electron chi connectivity index (χ4n) is 1.41. The average Bonchev–Trinajstić information content (AvgIpc) is 2.88. The summed E-state index contributed by atoms with van der Waals surface area (Å²) >= 11 is 0. The summed E-state index contributed by atoms with van der Waals surface area (Å²) < 4.78 is 0. The lowest BCUT2D eigenvalue weighted by Crippen LogP contribution is -2.32. The Balaban J connectivity index is 2.27. The summed E-state index contributed by atoms with van der Waals surface area (Å²) in [4.78, 5) is 2.22. The molecule has 1 aliphatic rings. The minimum absolute atomic E-state index is 0.613. The molecule has 0 amide bonds. The van der Waals surface area contributed by atoms with Crippen LogP contribution in [0.25, 0.3) is 0 Å². The second-order valence-corrected chi connectivity index (χ2v) is 3.59. The smallest absolute Gasteiger partial charge is 0.0989 e. The Hall–Kier alpha value is -0.530. The first kappa shape index (κ1) is 9.56. The quantitative estimate of drug-likeness (QED) is 0.495. The van der Waals surface area contributed by atoms with Gasteiger partial charge in [0.2, 0.25) is 0 Å². The maximum absolute atomic E-state index is 7.87. The molecule has 12 heavy (non-hydrogen) atoms. The lowest BCUT2D eigenvalue weighted by Gasteiger charge is -2.23. The number of hydrogen-bond donors (Lipinski definition) is 1.